The molecule has 8 nitrogen and oxygen atoms in total. The monoisotopic (exact) mass is 361 g/mol. The number of ether oxygens (including phenoxy) is 1. The maximum atomic E-state index is 13.0. The van der Waals surface area contributed by atoms with Crippen LogP contribution >= 0.6 is 0 Å². The third-order valence-electron chi connectivity index (χ3n) is 6.23. The van der Waals surface area contributed by atoms with Gasteiger partial charge in [-0.25, -0.2) is 0 Å². The van der Waals surface area contributed by atoms with Gasteiger partial charge in [-0.05, 0) is 44.8 Å². The lowest BCUT2D eigenvalue weighted by Gasteiger charge is -2.49. The van der Waals surface area contributed by atoms with E-state index in [2.05, 4.69) is 15.7 Å². The SMILES string of the molecule is CN(C)C(=O)C12CC(CNC(=O)Cn3cccn3)(C1)OC21CCNCC1. The lowest BCUT2D eigenvalue weighted by molar-refractivity contribution is -0.149. The molecular weight excluding hydrogens is 334 g/mol. The van der Waals surface area contributed by atoms with Crippen molar-refractivity contribution >= 4 is 11.8 Å². The maximum absolute atomic E-state index is 13.0. The molecule has 1 aromatic rings. The third-order valence-corrected chi connectivity index (χ3v) is 6.23. The van der Waals surface area contributed by atoms with Crippen molar-refractivity contribution in [2.45, 2.75) is 43.4 Å². The molecule has 4 aliphatic rings. The normalized spacial score (nSPS) is 31.5. The number of hydrogen-bond acceptors (Lipinski definition) is 5. The van der Waals surface area contributed by atoms with Gasteiger partial charge in [-0.1, -0.05) is 0 Å². The topological polar surface area (TPSA) is 88.5 Å². The minimum Gasteiger partial charge on any atom is -0.365 e. The zero-order chi connectivity index (χ0) is 18.4. The second-order valence-electron chi connectivity index (χ2n) is 8.14. The quantitative estimate of drug-likeness (QED) is 0.756. The third kappa shape index (κ3) is 2.54. The molecule has 1 saturated carbocycles. The van der Waals surface area contributed by atoms with E-state index in [0.29, 0.717) is 19.4 Å². The van der Waals surface area contributed by atoms with E-state index in [1.807, 2.05) is 14.1 Å². The molecule has 26 heavy (non-hydrogen) atoms. The molecule has 3 aliphatic heterocycles. The van der Waals surface area contributed by atoms with Gasteiger partial charge in [0.15, 0.2) is 0 Å². The van der Waals surface area contributed by atoms with Crippen molar-refractivity contribution in [1.29, 1.82) is 0 Å². The predicted molar refractivity (Wildman–Crippen MR) is 94.2 cm³/mol. The summed E-state index contributed by atoms with van der Waals surface area (Å²) < 4.78 is 8.18. The smallest absolute Gasteiger partial charge is 0.241 e. The molecule has 0 unspecified atom stereocenters. The molecule has 2 N–H and O–H groups in total. The fourth-order valence-electron chi connectivity index (χ4n) is 5.16. The molecule has 8 heteroatoms. The van der Waals surface area contributed by atoms with Gasteiger partial charge in [0, 0.05) is 33.0 Å². The van der Waals surface area contributed by atoms with Crippen LogP contribution in [0.2, 0.25) is 0 Å². The van der Waals surface area contributed by atoms with E-state index < -0.39 is 16.6 Å². The largest absolute Gasteiger partial charge is 0.365 e. The fourth-order valence-corrected chi connectivity index (χ4v) is 5.16. The van der Waals surface area contributed by atoms with E-state index >= 15 is 0 Å². The Balaban J connectivity index is 1.45. The van der Waals surface area contributed by atoms with Gasteiger partial charge in [0.25, 0.3) is 0 Å². The number of nitrogens with one attached hydrogen (secondary N) is 2. The van der Waals surface area contributed by atoms with E-state index in [4.69, 9.17) is 4.74 Å². The molecule has 1 spiro atoms. The summed E-state index contributed by atoms with van der Waals surface area (Å²) in [5, 5.41) is 10.4. The average molecular weight is 361 g/mol. The fraction of sp³-hybridized carbons (Fsp3) is 0.722. The van der Waals surface area contributed by atoms with Crippen LogP contribution in [0, 0.1) is 5.41 Å². The van der Waals surface area contributed by atoms with Crippen molar-refractivity contribution in [3.05, 3.63) is 18.5 Å². The zero-order valence-electron chi connectivity index (χ0n) is 15.5. The van der Waals surface area contributed by atoms with Gasteiger partial charge in [0.1, 0.15) is 6.54 Å². The van der Waals surface area contributed by atoms with Crippen molar-refractivity contribution in [2.75, 3.05) is 33.7 Å². The molecule has 2 bridgehead atoms. The summed E-state index contributed by atoms with van der Waals surface area (Å²) in [4.78, 5) is 26.9. The van der Waals surface area contributed by atoms with Crippen LogP contribution in [0.3, 0.4) is 0 Å². The Kier molecular flexibility index (Phi) is 4.07. The van der Waals surface area contributed by atoms with E-state index in [1.54, 1.807) is 28.0 Å². The Morgan fingerprint density at radius 2 is 2.04 bits per heavy atom. The number of nitrogens with zero attached hydrogens (tertiary/aromatic N) is 3. The van der Waals surface area contributed by atoms with Crippen LogP contribution < -0.4 is 10.6 Å². The van der Waals surface area contributed by atoms with Gasteiger partial charge in [-0.2, -0.15) is 5.10 Å². The molecule has 1 aromatic heterocycles. The van der Waals surface area contributed by atoms with Crippen molar-refractivity contribution < 1.29 is 14.3 Å². The summed E-state index contributed by atoms with van der Waals surface area (Å²) in [6.45, 7) is 2.37. The molecule has 4 heterocycles. The molecule has 142 valence electrons. The summed E-state index contributed by atoms with van der Waals surface area (Å²) in [5.74, 6) is 0.0739. The molecule has 3 saturated heterocycles. The van der Waals surface area contributed by atoms with Crippen LogP contribution in [0.5, 0.6) is 0 Å². The molecule has 5 rings (SSSR count). The van der Waals surface area contributed by atoms with Crippen LogP contribution in [0.1, 0.15) is 25.7 Å². The number of piperidine rings is 1. The summed E-state index contributed by atoms with van der Waals surface area (Å²) in [5.41, 5.74) is -1.25. The number of amides is 2. The Morgan fingerprint density at radius 1 is 1.31 bits per heavy atom. The molecule has 0 aromatic carbocycles. The van der Waals surface area contributed by atoms with E-state index in [0.717, 1.165) is 25.9 Å². The second kappa shape index (κ2) is 6.06. The lowest BCUT2D eigenvalue weighted by Crippen LogP contribution is -2.61. The van der Waals surface area contributed by atoms with E-state index in [1.165, 1.54) is 0 Å². The van der Waals surface area contributed by atoms with Crippen LogP contribution in [0.4, 0.5) is 0 Å². The molecule has 0 atom stereocenters. The second-order valence-corrected chi connectivity index (χ2v) is 8.14. The van der Waals surface area contributed by atoms with Crippen molar-refractivity contribution in [2.24, 2.45) is 5.41 Å². The molecule has 2 amide bonds. The van der Waals surface area contributed by atoms with Crippen LogP contribution in [0.15, 0.2) is 18.5 Å². The van der Waals surface area contributed by atoms with Crippen LogP contribution in [-0.2, 0) is 20.9 Å². The number of carbonyl (C=O) groups is 2. The highest BCUT2D eigenvalue weighted by molar-refractivity contribution is 5.86. The number of carbonyl (C=O) groups excluding carboxylic acids is 2. The van der Waals surface area contributed by atoms with Crippen molar-refractivity contribution in [3.8, 4) is 0 Å². The summed E-state index contributed by atoms with van der Waals surface area (Å²) in [7, 11) is 3.63. The van der Waals surface area contributed by atoms with Gasteiger partial charge >= 0.3 is 0 Å². The first-order valence-electron chi connectivity index (χ1n) is 9.27. The Labute approximate surface area is 153 Å². The highest BCUT2D eigenvalue weighted by Gasteiger charge is 2.77. The van der Waals surface area contributed by atoms with Crippen molar-refractivity contribution in [1.82, 2.24) is 25.3 Å². The molecular formula is C18H27N5O3. The van der Waals surface area contributed by atoms with Gasteiger partial charge in [0.2, 0.25) is 11.8 Å². The summed E-state index contributed by atoms with van der Waals surface area (Å²) in [6.07, 6.45) is 6.49. The van der Waals surface area contributed by atoms with E-state index in [9.17, 15) is 9.59 Å². The van der Waals surface area contributed by atoms with Gasteiger partial charge < -0.3 is 20.3 Å². The zero-order valence-corrected chi connectivity index (χ0v) is 15.5. The first-order valence-corrected chi connectivity index (χ1v) is 9.27. The number of hydrogen-bond donors (Lipinski definition) is 2. The highest BCUT2D eigenvalue weighted by atomic mass is 16.5. The Hall–Kier alpha value is -1.93. The number of rotatable bonds is 5. The summed E-state index contributed by atoms with van der Waals surface area (Å²) >= 11 is 0. The van der Waals surface area contributed by atoms with Gasteiger partial charge in [-0.3, -0.25) is 14.3 Å². The molecule has 4 fully saturated rings. The Morgan fingerprint density at radius 3 is 2.65 bits per heavy atom. The molecule has 0 radical (unpaired) electrons. The van der Waals surface area contributed by atoms with Gasteiger partial charge in [0.05, 0.1) is 16.6 Å². The van der Waals surface area contributed by atoms with E-state index in [-0.39, 0.29) is 18.4 Å². The Bertz CT molecular complexity index is 688. The maximum Gasteiger partial charge on any atom is 0.241 e. The minimum atomic E-state index is -0.439. The first kappa shape index (κ1) is 17.5. The summed E-state index contributed by atoms with van der Waals surface area (Å²) in [6, 6.07) is 1.79. The average Bonchev–Trinajstić information content (AvgIpc) is 3.24. The van der Waals surface area contributed by atoms with Crippen LogP contribution in [0.25, 0.3) is 0 Å². The molecule has 1 aliphatic carbocycles. The lowest BCUT2D eigenvalue weighted by atomic mass is 9.53. The van der Waals surface area contributed by atoms with Crippen molar-refractivity contribution in [3.63, 3.8) is 0 Å². The van der Waals surface area contributed by atoms with Gasteiger partial charge in [-0.15, -0.1) is 0 Å². The highest BCUT2D eigenvalue weighted by Crippen LogP contribution is 2.69. The standard InChI is InChI=1S/C18H27N5O3/c1-22(2)15(25)17-11-16(12-17,26-18(17)4-7-19-8-5-18)13-20-14(24)10-23-9-3-6-21-23/h3,6,9,19H,4-5,7-8,10-13H2,1-2H3,(H,20,24). The number of aromatic nitrogens is 2. The predicted octanol–water partition coefficient (Wildman–Crippen LogP) is -0.241. The van der Waals surface area contributed by atoms with Crippen LogP contribution in [-0.4, -0.2) is 71.4 Å². The minimum absolute atomic E-state index is 0.0885. The first-order chi connectivity index (χ1) is 12.4.